The number of carbonyl (C=O) groups excluding carboxylic acids is 1. The topological polar surface area (TPSA) is 106 Å². The second-order valence-corrected chi connectivity index (χ2v) is 9.97. The average molecular weight is 480 g/mol. The van der Waals surface area contributed by atoms with E-state index in [9.17, 15) is 13.2 Å². The van der Waals surface area contributed by atoms with Gasteiger partial charge in [-0.3, -0.25) is 9.52 Å². The zero-order valence-corrected chi connectivity index (χ0v) is 19.5. The minimum Gasteiger partial charge on any atom is -0.322 e. The Labute approximate surface area is 196 Å². The van der Waals surface area contributed by atoms with Crippen LogP contribution in [0.3, 0.4) is 0 Å². The van der Waals surface area contributed by atoms with Gasteiger partial charge in [0.25, 0.3) is 15.9 Å². The van der Waals surface area contributed by atoms with Gasteiger partial charge in [0.15, 0.2) is 5.16 Å². The van der Waals surface area contributed by atoms with Crippen LogP contribution in [0.1, 0.15) is 15.9 Å². The molecule has 0 unspecified atom stereocenters. The van der Waals surface area contributed by atoms with Crippen LogP contribution in [-0.4, -0.2) is 29.1 Å². The number of benzene rings is 3. The highest BCUT2D eigenvalue weighted by atomic mass is 32.2. The first kappa shape index (κ1) is 22.6. The van der Waals surface area contributed by atoms with Crippen LogP contribution < -0.4 is 10.0 Å². The molecule has 0 aliphatic carbocycles. The number of carbonyl (C=O) groups is 1. The predicted molar refractivity (Wildman–Crippen MR) is 128 cm³/mol. The molecule has 8 nitrogen and oxygen atoms in total. The Morgan fingerprint density at radius 2 is 1.67 bits per heavy atom. The normalized spacial score (nSPS) is 11.2. The van der Waals surface area contributed by atoms with Gasteiger partial charge in [0.05, 0.1) is 10.6 Å². The van der Waals surface area contributed by atoms with Gasteiger partial charge in [-0.05, 0) is 78.8 Å². The molecule has 1 amide bonds. The van der Waals surface area contributed by atoms with Gasteiger partial charge in [0.2, 0.25) is 0 Å². The van der Waals surface area contributed by atoms with E-state index in [1.54, 1.807) is 30.6 Å². The summed E-state index contributed by atoms with van der Waals surface area (Å²) in [6.45, 7) is 1.83. The van der Waals surface area contributed by atoms with Gasteiger partial charge in [0.1, 0.15) is 6.33 Å². The zero-order chi connectivity index (χ0) is 23.4. The SMILES string of the molecule is Cc1ccccc1NS(=O)(=O)c1ccc(C(=O)Nc2ccc(Sc3nncn3C)cc2)cc1. The third-order valence-electron chi connectivity index (χ3n) is 4.81. The van der Waals surface area contributed by atoms with Crippen molar-refractivity contribution >= 4 is 39.1 Å². The highest BCUT2D eigenvalue weighted by molar-refractivity contribution is 7.99. The van der Waals surface area contributed by atoms with Crippen molar-refractivity contribution in [3.63, 3.8) is 0 Å². The van der Waals surface area contributed by atoms with Crippen LogP contribution in [0.15, 0.2) is 94.1 Å². The minimum atomic E-state index is -3.76. The quantitative estimate of drug-likeness (QED) is 0.409. The lowest BCUT2D eigenvalue weighted by Crippen LogP contribution is -2.15. The molecule has 0 atom stereocenters. The van der Waals surface area contributed by atoms with Crippen LogP contribution in [0.5, 0.6) is 0 Å². The number of nitrogens with zero attached hydrogens (tertiary/aromatic N) is 3. The summed E-state index contributed by atoms with van der Waals surface area (Å²) in [5.74, 6) is -0.334. The highest BCUT2D eigenvalue weighted by Crippen LogP contribution is 2.26. The van der Waals surface area contributed by atoms with E-state index in [1.165, 1.54) is 36.0 Å². The third-order valence-corrected chi connectivity index (χ3v) is 7.25. The number of hydrogen-bond donors (Lipinski definition) is 2. The van der Waals surface area contributed by atoms with Gasteiger partial charge >= 0.3 is 0 Å². The van der Waals surface area contributed by atoms with E-state index in [0.717, 1.165) is 15.6 Å². The zero-order valence-electron chi connectivity index (χ0n) is 17.9. The van der Waals surface area contributed by atoms with Crippen molar-refractivity contribution in [1.29, 1.82) is 0 Å². The van der Waals surface area contributed by atoms with Gasteiger partial charge in [0, 0.05) is 23.2 Å². The number of aromatic nitrogens is 3. The van der Waals surface area contributed by atoms with Gasteiger partial charge in [-0.25, -0.2) is 8.42 Å². The van der Waals surface area contributed by atoms with Crippen molar-refractivity contribution in [3.8, 4) is 0 Å². The molecular formula is C23H21N5O3S2. The number of sulfonamides is 1. The molecule has 4 rings (SSSR count). The summed E-state index contributed by atoms with van der Waals surface area (Å²) < 4.78 is 29.7. The molecule has 4 aromatic rings. The molecule has 1 aromatic heterocycles. The maximum absolute atomic E-state index is 12.7. The maximum Gasteiger partial charge on any atom is 0.261 e. The molecule has 0 fully saturated rings. The first-order valence-corrected chi connectivity index (χ1v) is 12.2. The van der Waals surface area contributed by atoms with Crippen LogP contribution in [0.2, 0.25) is 0 Å². The highest BCUT2D eigenvalue weighted by Gasteiger charge is 2.16. The molecule has 0 bridgehead atoms. The molecule has 33 heavy (non-hydrogen) atoms. The fourth-order valence-corrected chi connectivity index (χ4v) is 4.85. The van der Waals surface area contributed by atoms with Crippen LogP contribution in [0.4, 0.5) is 11.4 Å². The Morgan fingerprint density at radius 3 is 2.30 bits per heavy atom. The molecule has 10 heteroatoms. The molecule has 0 saturated carbocycles. The van der Waals surface area contributed by atoms with Crippen molar-refractivity contribution in [2.75, 3.05) is 10.0 Å². The summed E-state index contributed by atoms with van der Waals surface area (Å²) in [6.07, 6.45) is 1.63. The summed E-state index contributed by atoms with van der Waals surface area (Å²) in [6, 6.07) is 20.3. The Kier molecular flexibility index (Phi) is 6.47. The molecule has 0 spiro atoms. The number of hydrogen-bond acceptors (Lipinski definition) is 6. The molecule has 168 valence electrons. The number of nitrogens with one attached hydrogen (secondary N) is 2. The largest absolute Gasteiger partial charge is 0.322 e. The molecular weight excluding hydrogens is 458 g/mol. The van der Waals surface area contributed by atoms with Crippen LogP contribution >= 0.6 is 11.8 Å². The molecule has 3 aromatic carbocycles. The smallest absolute Gasteiger partial charge is 0.261 e. The van der Waals surface area contributed by atoms with Gasteiger partial charge in [-0.15, -0.1) is 10.2 Å². The van der Waals surface area contributed by atoms with Crippen LogP contribution in [0.25, 0.3) is 0 Å². The van der Waals surface area contributed by atoms with Crippen molar-refractivity contribution in [2.24, 2.45) is 7.05 Å². The van der Waals surface area contributed by atoms with Crippen molar-refractivity contribution < 1.29 is 13.2 Å². The monoisotopic (exact) mass is 479 g/mol. The number of para-hydroxylation sites is 1. The number of rotatable bonds is 7. The van der Waals surface area contributed by atoms with E-state index in [0.29, 0.717) is 16.9 Å². The lowest BCUT2D eigenvalue weighted by molar-refractivity contribution is 0.102. The lowest BCUT2D eigenvalue weighted by atomic mass is 10.2. The van der Waals surface area contributed by atoms with Crippen molar-refractivity contribution in [3.05, 3.63) is 90.3 Å². The molecule has 0 saturated heterocycles. The summed E-state index contributed by atoms with van der Waals surface area (Å²) >= 11 is 1.46. The molecule has 2 N–H and O–H groups in total. The summed E-state index contributed by atoms with van der Waals surface area (Å²) in [5.41, 5.74) is 2.31. The molecule has 0 aliphatic rings. The summed E-state index contributed by atoms with van der Waals surface area (Å²) in [5, 5.41) is 11.5. The van der Waals surface area contributed by atoms with E-state index in [-0.39, 0.29) is 10.8 Å². The van der Waals surface area contributed by atoms with Crippen molar-refractivity contribution in [1.82, 2.24) is 14.8 Å². The van der Waals surface area contributed by atoms with Gasteiger partial charge in [-0.1, -0.05) is 18.2 Å². The molecule has 0 aliphatic heterocycles. The second-order valence-electron chi connectivity index (χ2n) is 7.25. The van der Waals surface area contributed by atoms with Crippen LogP contribution in [-0.2, 0) is 17.1 Å². The Morgan fingerprint density at radius 1 is 0.970 bits per heavy atom. The number of anilines is 2. The fourth-order valence-electron chi connectivity index (χ4n) is 2.96. The first-order chi connectivity index (χ1) is 15.8. The van der Waals surface area contributed by atoms with E-state index in [2.05, 4.69) is 20.2 Å². The standard InChI is InChI=1S/C23H21N5O3S2/c1-16-5-3-4-6-21(16)27-33(30,31)20-13-7-17(8-14-20)22(29)25-18-9-11-19(12-10-18)32-23-26-24-15-28(23)2/h3-15,27H,1-2H3,(H,25,29). The summed E-state index contributed by atoms with van der Waals surface area (Å²) in [4.78, 5) is 13.6. The summed E-state index contributed by atoms with van der Waals surface area (Å²) in [7, 11) is -1.89. The predicted octanol–water partition coefficient (Wildman–Crippen LogP) is 4.33. The van der Waals surface area contributed by atoms with Crippen LogP contribution in [0, 0.1) is 6.92 Å². The van der Waals surface area contributed by atoms with E-state index >= 15 is 0 Å². The Hall–Kier alpha value is -3.63. The number of aryl methyl sites for hydroxylation is 2. The first-order valence-electron chi connectivity index (χ1n) is 9.93. The van der Waals surface area contributed by atoms with Gasteiger partial charge in [-0.2, -0.15) is 0 Å². The number of amides is 1. The maximum atomic E-state index is 12.7. The van der Waals surface area contributed by atoms with Crippen molar-refractivity contribution in [2.45, 2.75) is 21.9 Å². The lowest BCUT2D eigenvalue weighted by Gasteiger charge is -2.11. The Bertz CT molecular complexity index is 1380. The van der Waals surface area contributed by atoms with E-state index in [1.807, 2.05) is 42.8 Å². The minimum absolute atomic E-state index is 0.0763. The molecule has 0 radical (unpaired) electrons. The molecule has 1 heterocycles. The fraction of sp³-hybridized carbons (Fsp3) is 0.0870. The Balaban J connectivity index is 1.41. The van der Waals surface area contributed by atoms with E-state index in [4.69, 9.17) is 0 Å². The van der Waals surface area contributed by atoms with E-state index < -0.39 is 10.0 Å². The third kappa shape index (κ3) is 5.41. The second kappa shape index (κ2) is 9.47. The van der Waals surface area contributed by atoms with Gasteiger partial charge < -0.3 is 9.88 Å². The average Bonchev–Trinajstić information content (AvgIpc) is 3.21.